The number of aliphatic hydroxyl groups is 1. The molecule has 0 fully saturated rings. The highest BCUT2D eigenvalue weighted by atomic mass is 32.1. The van der Waals surface area contributed by atoms with Gasteiger partial charge in [-0.15, -0.1) is 11.3 Å². The van der Waals surface area contributed by atoms with Gasteiger partial charge in [0.25, 0.3) is 0 Å². The van der Waals surface area contributed by atoms with Crippen LogP contribution >= 0.6 is 11.3 Å². The third-order valence-electron chi connectivity index (χ3n) is 2.54. The molecule has 0 aromatic carbocycles. The molecule has 4 nitrogen and oxygen atoms in total. The van der Waals surface area contributed by atoms with Gasteiger partial charge in [-0.05, 0) is 26.0 Å². The van der Waals surface area contributed by atoms with Crippen LogP contribution in [-0.4, -0.2) is 14.9 Å². The Morgan fingerprint density at radius 1 is 1.50 bits per heavy atom. The number of hydrogen-bond donors (Lipinski definition) is 2. The van der Waals surface area contributed by atoms with Crippen LogP contribution in [0.3, 0.4) is 0 Å². The minimum atomic E-state index is -0.185. The van der Waals surface area contributed by atoms with Gasteiger partial charge >= 0.3 is 0 Å². The smallest absolute Gasteiger partial charge is 0.176 e. The summed E-state index contributed by atoms with van der Waals surface area (Å²) in [6.45, 7) is 4.50. The van der Waals surface area contributed by atoms with Crippen LogP contribution in [0.1, 0.15) is 30.5 Å². The summed E-state index contributed by atoms with van der Waals surface area (Å²) in [7, 11) is 0. The fourth-order valence-electron chi connectivity index (χ4n) is 1.71. The van der Waals surface area contributed by atoms with E-state index in [2.05, 4.69) is 10.4 Å². The highest BCUT2D eigenvalue weighted by Gasteiger charge is 2.09. The van der Waals surface area contributed by atoms with E-state index in [0.29, 0.717) is 12.4 Å². The standard InChI is InChI=1S/C12H16FN3OS/c1-8(2)16-9(7-17)5-12(15-16)14-6-10-3-4-11(13)18-10/h3-5,8,17H,6-7H2,1-2H3,(H,14,15). The zero-order valence-corrected chi connectivity index (χ0v) is 11.2. The molecule has 6 heteroatoms. The molecule has 0 unspecified atom stereocenters. The third-order valence-corrected chi connectivity index (χ3v) is 3.41. The van der Waals surface area contributed by atoms with E-state index in [-0.39, 0.29) is 17.8 Å². The molecule has 98 valence electrons. The second-order valence-electron chi connectivity index (χ2n) is 4.28. The maximum atomic E-state index is 12.8. The number of aliphatic hydroxyl groups excluding tert-OH is 1. The van der Waals surface area contributed by atoms with Crippen LogP contribution in [0.4, 0.5) is 10.2 Å². The van der Waals surface area contributed by atoms with Gasteiger partial charge in [0.2, 0.25) is 0 Å². The van der Waals surface area contributed by atoms with Crippen molar-refractivity contribution >= 4 is 17.2 Å². The molecule has 0 aliphatic heterocycles. The number of anilines is 1. The van der Waals surface area contributed by atoms with Gasteiger partial charge in [-0.1, -0.05) is 0 Å². The number of hydrogen-bond acceptors (Lipinski definition) is 4. The molecule has 0 amide bonds. The zero-order chi connectivity index (χ0) is 13.1. The van der Waals surface area contributed by atoms with Gasteiger partial charge in [-0.2, -0.15) is 9.49 Å². The first-order valence-corrected chi connectivity index (χ1v) is 6.59. The van der Waals surface area contributed by atoms with E-state index in [9.17, 15) is 9.50 Å². The van der Waals surface area contributed by atoms with Crippen LogP contribution in [0.2, 0.25) is 0 Å². The van der Waals surface area contributed by atoms with Crippen LogP contribution in [0, 0.1) is 5.13 Å². The highest BCUT2D eigenvalue weighted by molar-refractivity contribution is 7.10. The molecule has 0 radical (unpaired) electrons. The lowest BCUT2D eigenvalue weighted by Gasteiger charge is -2.08. The van der Waals surface area contributed by atoms with E-state index in [0.717, 1.165) is 21.9 Å². The van der Waals surface area contributed by atoms with Crippen molar-refractivity contribution in [3.05, 3.63) is 33.9 Å². The second kappa shape index (κ2) is 5.49. The molecule has 2 N–H and O–H groups in total. The van der Waals surface area contributed by atoms with Gasteiger partial charge < -0.3 is 10.4 Å². The van der Waals surface area contributed by atoms with Gasteiger partial charge in [0.15, 0.2) is 5.13 Å². The average molecular weight is 269 g/mol. The molecule has 18 heavy (non-hydrogen) atoms. The summed E-state index contributed by atoms with van der Waals surface area (Å²) in [5.41, 5.74) is 0.768. The maximum absolute atomic E-state index is 12.8. The van der Waals surface area contributed by atoms with Crippen LogP contribution in [0.5, 0.6) is 0 Å². The average Bonchev–Trinajstić information content (AvgIpc) is 2.92. The fourth-order valence-corrected chi connectivity index (χ4v) is 2.38. The van der Waals surface area contributed by atoms with Crippen LogP contribution < -0.4 is 5.32 Å². The Kier molecular flexibility index (Phi) is 3.98. The Hall–Kier alpha value is -1.40. The minimum absolute atomic E-state index is 0.0412. The Labute approximate surface area is 109 Å². The van der Waals surface area contributed by atoms with Gasteiger partial charge in [0, 0.05) is 17.0 Å². The fraction of sp³-hybridized carbons (Fsp3) is 0.417. The topological polar surface area (TPSA) is 50.1 Å². The zero-order valence-electron chi connectivity index (χ0n) is 10.4. The molecule has 0 aliphatic carbocycles. The van der Waals surface area contributed by atoms with Gasteiger partial charge in [0.1, 0.15) is 5.82 Å². The van der Waals surface area contributed by atoms with Gasteiger partial charge in [0.05, 0.1) is 18.8 Å². The monoisotopic (exact) mass is 269 g/mol. The summed E-state index contributed by atoms with van der Waals surface area (Å²) in [4.78, 5) is 0.914. The Morgan fingerprint density at radius 3 is 2.78 bits per heavy atom. The first kappa shape index (κ1) is 13.0. The lowest BCUT2D eigenvalue weighted by atomic mass is 10.3. The predicted molar refractivity (Wildman–Crippen MR) is 70.1 cm³/mol. The molecule has 2 aromatic rings. The van der Waals surface area contributed by atoms with Crippen molar-refractivity contribution in [1.82, 2.24) is 9.78 Å². The van der Waals surface area contributed by atoms with Gasteiger partial charge in [-0.25, -0.2) is 0 Å². The summed E-state index contributed by atoms with van der Waals surface area (Å²) in [6, 6.07) is 5.21. The maximum Gasteiger partial charge on any atom is 0.176 e. The van der Waals surface area contributed by atoms with Crippen LogP contribution in [0.15, 0.2) is 18.2 Å². The quantitative estimate of drug-likeness (QED) is 0.877. The number of aromatic nitrogens is 2. The molecule has 2 rings (SSSR count). The Morgan fingerprint density at radius 2 is 2.28 bits per heavy atom. The summed E-state index contributed by atoms with van der Waals surface area (Å²) >= 11 is 1.12. The third kappa shape index (κ3) is 2.88. The molecule has 0 aliphatic rings. The molecule has 0 atom stereocenters. The van der Waals surface area contributed by atoms with E-state index in [1.165, 1.54) is 6.07 Å². The molecular formula is C12H16FN3OS. The summed E-state index contributed by atoms with van der Waals surface area (Å²) < 4.78 is 14.6. The van der Waals surface area contributed by atoms with E-state index >= 15 is 0 Å². The number of nitrogens with one attached hydrogen (secondary N) is 1. The molecular weight excluding hydrogens is 253 g/mol. The Bertz CT molecular complexity index is 521. The number of halogens is 1. The number of thiophene rings is 1. The van der Waals surface area contributed by atoms with Crippen molar-refractivity contribution in [2.75, 3.05) is 5.32 Å². The van der Waals surface area contributed by atoms with Crippen molar-refractivity contribution in [3.63, 3.8) is 0 Å². The second-order valence-corrected chi connectivity index (χ2v) is 5.40. The van der Waals surface area contributed by atoms with E-state index in [1.54, 1.807) is 10.7 Å². The lowest BCUT2D eigenvalue weighted by Crippen LogP contribution is -2.07. The summed E-state index contributed by atoms with van der Waals surface area (Å²) in [5.74, 6) is 0.696. The highest BCUT2D eigenvalue weighted by Crippen LogP contribution is 2.18. The Balaban J connectivity index is 2.05. The van der Waals surface area contributed by atoms with Crippen molar-refractivity contribution < 1.29 is 9.50 Å². The van der Waals surface area contributed by atoms with Crippen LogP contribution in [0.25, 0.3) is 0 Å². The normalized spacial score (nSPS) is 11.2. The lowest BCUT2D eigenvalue weighted by molar-refractivity contribution is 0.264. The van der Waals surface area contributed by atoms with Gasteiger partial charge in [-0.3, -0.25) is 4.68 Å². The van der Waals surface area contributed by atoms with Crippen molar-refractivity contribution in [3.8, 4) is 0 Å². The number of rotatable bonds is 5. The molecule has 0 saturated carbocycles. The SMILES string of the molecule is CC(C)n1nc(NCc2ccc(F)s2)cc1CO. The van der Waals surface area contributed by atoms with Crippen molar-refractivity contribution in [1.29, 1.82) is 0 Å². The largest absolute Gasteiger partial charge is 0.390 e. The number of nitrogens with zero attached hydrogens (tertiary/aromatic N) is 2. The molecule has 0 spiro atoms. The minimum Gasteiger partial charge on any atom is -0.390 e. The first-order chi connectivity index (χ1) is 8.60. The van der Waals surface area contributed by atoms with Crippen molar-refractivity contribution in [2.24, 2.45) is 0 Å². The predicted octanol–water partition coefficient (Wildman–Crippen LogP) is 2.77. The molecule has 0 saturated heterocycles. The van der Waals surface area contributed by atoms with E-state index in [4.69, 9.17) is 0 Å². The summed E-state index contributed by atoms with van der Waals surface area (Å²) in [5, 5.41) is 16.5. The molecule has 2 heterocycles. The molecule has 2 aromatic heterocycles. The van der Waals surface area contributed by atoms with E-state index < -0.39 is 0 Å². The summed E-state index contributed by atoms with van der Waals surface area (Å²) in [6.07, 6.45) is 0. The van der Waals surface area contributed by atoms with Crippen LogP contribution in [-0.2, 0) is 13.2 Å². The first-order valence-electron chi connectivity index (χ1n) is 5.77. The van der Waals surface area contributed by atoms with Crippen molar-refractivity contribution in [2.45, 2.75) is 33.0 Å². The van der Waals surface area contributed by atoms with E-state index in [1.807, 2.05) is 19.9 Å². The molecule has 0 bridgehead atoms.